The van der Waals surface area contributed by atoms with Gasteiger partial charge in [-0.3, -0.25) is 10.1 Å². The van der Waals surface area contributed by atoms with E-state index in [1.807, 2.05) is 48.5 Å². The second kappa shape index (κ2) is 5.13. The van der Waals surface area contributed by atoms with Gasteiger partial charge in [-0.1, -0.05) is 65.8 Å². The highest BCUT2D eigenvalue weighted by molar-refractivity contribution is 6.04. The van der Waals surface area contributed by atoms with Gasteiger partial charge in [0.1, 0.15) is 0 Å². The van der Waals surface area contributed by atoms with Crippen LogP contribution in [0.1, 0.15) is 17.2 Å². The maximum absolute atomic E-state index is 11.4. The summed E-state index contributed by atoms with van der Waals surface area (Å²) in [6, 6.07) is 17.3. The van der Waals surface area contributed by atoms with Crippen LogP contribution < -0.4 is 0 Å². The van der Waals surface area contributed by atoms with Gasteiger partial charge in [0.15, 0.2) is 5.71 Å². The molecule has 100 valence electrons. The molecule has 5 nitrogen and oxygen atoms in total. The third-order valence-electron chi connectivity index (χ3n) is 3.26. The quantitative estimate of drug-likeness (QED) is 0.635. The van der Waals surface area contributed by atoms with E-state index < -0.39 is 12.1 Å². The molecule has 0 amide bonds. The summed E-state index contributed by atoms with van der Waals surface area (Å²) < 4.78 is 0. The minimum atomic E-state index is -0.986. The van der Waals surface area contributed by atoms with E-state index in [4.69, 9.17) is 4.84 Å². The molecule has 0 fully saturated rings. The summed E-state index contributed by atoms with van der Waals surface area (Å²) in [6.07, 6.45) is -0.679. The highest BCUT2D eigenvalue weighted by Crippen LogP contribution is 2.31. The van der Waals surface area contributed by atoms with E-state index in [1.54, 1.807) is 12.1 Å². The number of rotatable bonds is 3. The molecule has 1 aliphatic rings. The van der Waals surface area contributed by atoms with Gasteiger partial charge in [0, 0.05) is 16.1 Å². The fourth-order valence-electron chi connectivity index (χ4n) is 2.30. The Labute approximate surface area is 115 Å². The van der Waals surface area contributed by atoms with Gasteiger partial charge in [-0.25, -0.2) is 0 Å². The molecule has 2 atom stereocenters. The van der Waals surface area contributed by atoms with Crippen molar-refractivity contribution in [2.75, 3.05) is 0 Å². The first-order valence-electron chi connectivity index (χ1n) is 6.25. The zero-order valence-electron chi connectivity index (χ0n) is 10.5. The van der Waals surface area contributed by atoms with Crippen LogP contribution in [0.3, 0.4) is 0 Å². The maximum Gasteiger partial charge on any atom is 0.301 e. The van der Waals surface area contributed by atoms with Crippen molar-refractivity contribution in [2.45, 2.75) is 12.1 Å². The predicted molar refractivity (Wildman–Crippen MR) is 74.0 cm³/mol. The van der Waals surface area contributed by atoms with Crippen LogP contribution in [0.4, 0.5) is 0 Å². The SMILES string of the molecule is O=[N+]([O-])[C@@H]1C(c2ccccc2)=NO[C@H]1c1ccccc1. The first kappa shape index (κ1) is 12.3. The summed E-state index contributed by atoms with van der Waals surface area (Å²) in [7, 11) is 0. The minimum absolute atomic E-state index is 0.337. The van der Waals surface area contributed by atoms with E-state index in [0.29, 0.717) is 11.3 Å². The molecule has 2 aromatic carbocycles. The van der Waals surface area contributed by atoms with Gasteiger partial charge in [-0.05, 0) is 0 Å². The molecular weight excluding hydrogens is 256 g/mol. The predicted octanol–water partition coefficient (Wildman–Crippen LogP) is 2.81. The molecule has 20 heavy (non-hydrogen) atoms. The zero-order valence-corrected chi connectivity index (χ0v) is 10.5. The summed E-state index contributed by atoms with van der Waals surface area (Å²) in [5.41, 5.74) is 1.83. The van der Waals surface area contributed by atoms with Crippen molar-refractivity contribution < 1.29 is 9.76 Å². The Morgan fingerprint density at radius 2 is 1.60 bits per heavy atom. The molecule has 0 saturated heterocycles. The van der Waals surface area contributed by atoms with Gasteiger partial charge in [-0.2, -0.15) is 0 Å². The summed E-state index contributed by atoms with van der Waals surface area (Å²) >= 11 is 0. The average Bonchev–Trinajstić information content (AvgIpc) is 2.94. The fraction of sp³-hybridized carbons (Fsp3) is 0.133. The molecule has 0 saturated carbocycles. The Morgan fingerprint density at radius 1 is 1.00 bits per heavy atom. The Hall–Kier alpha value is -2.69. The summed E-state index contributed by atoms with van der Waals surface area (Å²) in [5, 5.41) is 15.4. The summed E-state index contributed by atoms with van der Waals surface area (Å²) in [5.74, 6) is 0. The van der Waals surface area contributed by atoms with Gasteiger partial charge in [-0.15, -0.1) is 0 Å². The normalized spacial score (nSPS) is 21.1. The lowest BCUT2D eigenvalue weighted by Gasteiger charge is -2.12. The number of oxime groups is 1. The van der Waals surface area contributed by atoms with Crippen LogP contribution in [0, 0.1) is 10.1 Å². The molecule has 0 bridgehead atoms. The molecule has 0 aliphatic carbocycles. The Morgan fingerprint density at radius 3 is 2.20 bits per heavy atom. The van der Waals surface area contributed by atoms with Crippen LogP contribution in [0.25, 0.3) is 0 Å². The van der Waals surface area contributed by atoms with Gasteiger partial charge >= 0.3 is 6.04 Å². The fourth-order valence-corrected chi connectivity index (χ4v) is 2.30. The van der Waals surface area contributed by atoms with Gasteiger partial charge < -0.3 is 4.84 Å². The van der Waals surface area contributed by atoms with E-state index in [9.17, 15) is 10.1 Å². The van der Waals surface area contributed by atoms with Crippen molar-refractivity contribution in [1.29, 1.82) is 0 Å². The lowest BCUT2D eigenvalue weighted by Crippen LogP contribution is -2.32. The third-order valence-corrected chi connectivity index (χ3v) is 3.26. The molecule has 0 spiro atoms. The first-order valence-corrected chi connectivity index (χ1v) is 6.25. The zero-order chi connectivity index (χ0) is 13.9. The van der Waals surface area contributed by atoms with Crippen molar-refractivity contribution in [3.63, 3.8) is 0 Å². The maximum atomic E-state index is 11.4. The minimum Gasteiger partial charge on any atom is -0.379 e. The molecule has 0 unspecified atom stereocenters. The van der Waals surface area contributed by atoms with E-state index in [2.05, 4.69) is 5.16 Å². The monoisotopic (exact) mass is 268 g/mol. The number of nitro groups is 1. The molecule has 5 heteroatoms. The summed E-state index contributed by atoms with van der Waals surface area (Å²) in [4.78, 5) is 16.4. The smallest absolute Gasteiger partial charge is 0.301 e. The Bertz CT molecular complexity index is 641. The van der Waals surface area contributed by atoms with Crippen LogP contribution in [-0.2, 0) is 4.84 Å². The van der Waals surface area contributed by atoms with E-state index in [-0.39, 0.29) is 4.92 Å². The molecule has 0 radical (unpaired) electrons. The van der Waals surface area contributed by atoms with Gasteiger partial charge in [0.25, 0.3) is 0 Å². The van der Waals surface area contributed by atoms with Crippen molar-refractivity contribution in [2.24, 2.45) is 5.16 Å². The van der Waals surface area contributed by atoms with Crippen LogP contribution in [0.5, 0.6) is 0 Å². The number of hydrogen-bond donors (Lipinski definition) is 0. The molecule has 3 rings (SSSR count). The van der Waals surface area contributed by atoms with Gasteiger partial charge in [0.05, 0.1) is 0 Å². The lowest BCUT2D eigenvalue weighted by molar-refractivity contribution is -0.512. The van der Waals surface area contributed by atoms with E-state index in [0.717, 1.165) is 5.56 Å². The van der Waals surface area contributed by atoms with Crippen LogP contribution in [0.15, 0.2) is 65.8 Å². The number of nitrogens with zero attached hydrogens (tertiary/aromatic N) is 2. The van der Waals surface area contributed by atoms with Gasteiger partial charge in [0.2, 0.25) is 6.10 Å². The van der Waals surface area contributed by atoms with Crippen molar-refractivity contribution in [3.05, 3.63) is 81.9 Å². The molecule has 1 heterocycles. The van der Waals surface area contributed by atoms with Crippen LogP contribution >= 0.6 is 0 Å². The molecule has 1 aliphatic heterocycles. The Kier molecular flexibility index (Phi) is 3.16. The number of hydrogen-bond acceptors (Lipinski definition) is 4. The first-order chi connectivity index (χ1) is 9.77. The molecule has 2 aromatic rings. The topological polar surface area (TPSA) is 64.7 Å². The largest absolute Gasteiger partial charge is 0.379 e. The highest BCUT2D eigenvalue weighted by Gasteiger charge is 2.45. The van der Waals surface area contributed by atoms with Crippen LogP contribution in [-0.4, -0.2) is 16.7 Å². The number of benzene rings is 2. The molecular formula is C15H12N2O3. The van der Waals surface area contributed by atoms with E-state index in [1.165, 1.54) is 0 Å². The third kappa shape index (κ3) is 2.14. The standard InChI is InChI=1S/C15H12N2O3/c18-17(19)14-13(11-7-3-1-4-8-11)16-20-15(14)12-9-5-2-6-10-12/h1-10,14-15H/t14-,15+/m1/s1. The highest BCUT2D eigenvalue weighted by atomic mass is 16.7. The summed E-state index contributed by atoms with van der Waals surface area (Å²) in [6.45, 7) is 0. The molecule has 0 aromatic heterocycles. The van der Waals surface area contributed by atoms with Crippen molar-refractivity contribution in [3.8, 4) is 0 Å². The Balaban J connectivity index is 1.97. The second-order valence-corrected chi connectivity index (χ2v) is 4.51. The van der Waals surface area contributed by atoms with Crippen molar-refractivity contribution in [1.82, 2.24) is 0 Å². The second-order valence-electron chi connectivity index (χ2n) is 4.51. The average molecular weight is 268 g/mol. The van der Waals surface area contributed by atoms with Crippen LogP contribution in [0.2, 0.25) is 0 Å². The lowest BCUT2D eigenvalue weighted by atomic mass is 9.95. The van der Waals surface area contributed by atoms with E-state index >= 15 is 0 Å². The van der Waals surface area contributed by atoms with Crippen molar-refractivity contribution >= 4 is 5.71 Å². The molecule has 0 N–H and O–H groups in total.